The third-order valence-electron chi connectivity index (χ3n) is 4.97. The van der Waals surface area contributed by atoms with Crippen molar-refractivity contribution in [1.82, 2.24) is 4.72 Å². The summed E-state index contributed by atoms with van der Waals surface area (Å²) >= 11 is 1.55. The quantitative estimate of drug-likeness (QED) is 0.700. The van der Waals surface area contributed by atoms with Crippen LogP contribution in [-0.4, -0.2) is 20.1 Å². The minimum atomic E-state index is -3.64. The highest BCUT2D eigenvalue weighted by Gasteiger charge is 2.20. The summed E-state index contributed by atoms with van der Waals surface area (Å²) in [5, 5.41) is 13.4. The van der Waals surface area contributed by atoms with Crippen LogP contribution in [0.25, 0.3) is 10.1 Å². The lowest BCUT2D eigenvalue weighted by atomic mass is 9.92. The van der Waals surface area contributed by atoms with E-state index >= 15 is 0 Å². The fourth-order valence-electron chi connectivity index (χ4n) is 3.52. The van der Waals surface area contributed by atoms with Crippen LogP contribution >= 0.6 is 11.3 Å². The third kappa shape index (κ3) is 3.42. The van der Waals surface area contributed by atoms with Gasteiger partial charge in [-0.05, 0) is 65.8 Å². The zero-order chi connectivity index (χ0) is 18.1. The first kappa shape index (κ1) is 17.7. The predicted molar refractivity (Wildman–Crippen MR) is 105 cm³/mol. The van der Waals surface area contributed by atoms with E-state index in [4.69, 9.17) is 0 Å². The summed E-state index contributed by atoms with van der Waals surface area (Å²) in [6, 6.07) is 13.2. The maximum atomic E-state index is 12.6. The zero-order valence-corrected chi connectivity index (χ0v) is 15.9. The molecule has 0 amide bonds. The number of aryl methyl sites for hydroxylation is 2. The SMILES string of the molecule is O=S(=O)(NCC(O)c1csc2ccccc12)c1ccc2c(c1)CCCC2. The molecule has 1 heterocycles. The highest BCUT2D eigenvalue weighted by molar-refractivity contribution is 7.89. The fourth-order valence-corrected chi connectivity index (χ4v) is 5.61. The second-order valence-electron chi connectivity index (χ2n) is 6.69. The Labute approximate surface area is 157 Å². The number of sulfonamides is 1. The molecule has 6 heteroatoms. The van der Waals surface area contributed by atoms with E-state index in [0.717, 1.165) is 46.9 Å². The maximum absolute atomic E-state index is 12.6. The standard InChI is InChI=1S/C20H21NO3S2/c22-19(18-13-25-20-8-4-3-7-17(18)20)12-21-26(23,24)16-10-9-14-5-1-2-6-15(14)11-16/h3-4,7-11,13,19,21-22H,1-2,5-6,12H2. The molecule has 0 aliphatic heterocycles. The summed E-state index contributed by atoms with van der Waals surface area (Å²) in [7, 11) is -3.64. The molecule has 1 aliphatic carbocycles. The second kappa shape index (κ2) is 7.12. The van der Waals surface area contributed by atoms with Crippen LogP contribution in [-0.2, 0) is 22.9 Å². The summed E-state index contributed by atoms with van der Waals surface area (Å²) in [6.45, 7) is -0.0415. The number of benzene rings is 2. The molecule has 1 atom stereocenters. The van der Waals surface area contributed by atoms with Gasteiger partial charge in [-0.15, -0.1) is 11.3 Å². The van der Waals surface area contributed by atoms with Gasteiger partial charge < -0.3 is 5.11 Å². The Balaban J connectivity index is 1.51. The van der Waals surface area contributed by atoms with Gasteiger partial charge in [-0.3, -0.25) is 0 Å². The van der Waals surface area contributed by atoms with Gasteiger partial charge in [0.2, 0.25) is 10.0 Å². The van der Waals surface area contributed by atoms with Crippen molar-refractivity contribution >= 4 is 31.4 Å². The Morgan fingerprint density at radius 3 is 2.69 bits per heavy atom. The first-order valence-corrected chi connectivity index (χ1v) is 11.2. The summed E-state index contributed by atoms with van der Waals surface area (Å²) in [5.41, 5.74) is 3.14. The molecule has 136 valence electrons. The number of hydrogen-bond donors (Lipinski definition) is 2. The first-order valence-electron chi connectivity index (χ1n) is 8.80. The van der Waals surface area contributed by atoms with Crippen LogP contribution in [0.1, 0.15) is 35.6 Å². The number of rotatable bonds is 5. The number of aliphatic hydroxyl groups is 1. The Morgan fingerprint density at radius 1 is 1.08 bits per heavy atom. The van der Waals surface area contributed by atoms with E-state index in [2.05, 4.69) is 4.72 Å². The lowest BCUT2D eigenvalue weighted by Gasteiger charge is -2.17. The molecule has 0 spiro atoms. The average molecular weight is 388 g/mol. The average Bonchev–Trinajstić information content (AvgIpc) is 3.10. The predicted octanol–water partition coefficient (Wildman–Crippen LogP) is 3.79. The molecule has 0 radical (unpaired) electrons. The fraction of sp³-hybridized carbons (Fsp3) is 0.300. The number of fused-ring (bicyclic) bond motifs is 2. The van der Waals surface area contributed by atoms with Crippen LogP contribution in [0.15, 0.2) is 52.7 Å². The first-order chi connectivity index (χ1) is 12.5. The second-order valence-corrected chi connectivity index (χ2v) is 9.37. The molecule has 4 nitrogen and oxygen atoms in total. The molecule has 2 N–H and O–H groups in total. The van der Waals surface area contributed by atoms with E-state index in [1.807, 2.05) is 35.7 Å². The van der Waals surface area contributed by atoms with Crippen molar-refractivity contribution in [1.29, 1.82) is 0 Å². The molecule has 1 aromatic heterocycles. The molecular weight excluding hydrogens is 366 g/mol. The van der Waals surface area contributed by atoms with Gasteiger partial charge in [-0.2, -0.15) is 0 Å². The number of nitrogens with one attached hydrogen (secondary N) is 1. The summed E-state index contributed by atoms with van der Waals surface area (Å²) in [5.74, 6) is 0. The van der Waals surface area contributed by atoms with Crippen molar-refractivity contribution in [3.05, 3.63) is 64.5 Å². The van der Waals surface area contributed by atoms with Crippen molar-refractivity contribution in [2.24, 2.45) is 0 Å². The Morgan fingerprint density at radius 2 is 1.85 bits per heavy atom. The summed E-state index contributed by atoms with van der Waals surface area (Å²) in [6.07, 6.45) is 3.35. The van der Waals surface area contributed by atoms with Crippen LogP contribution < -0.4 is 4.72 Å². The number of hydrogen-bond acceptors (Lipinski definition) is 4. The van der Waals surface area contributed by atoms with Crippen LogP contribution in [0.5, 0.6) is 0 Å². The van der Waals surface area contributed by atoms with E-state index in [9.17, 15) is 13.5 Å². The molecular formula is C20H21NO3S2. The van der Waals surface area contributed by atoms with Crippen molar-refractivity contribution in [2.75, 3.05) is 6.54 Å². The minimum Gasteiger partial charge on any atom is -0.387 e. The van der Waals surface area contributed by atoms with Gasteiger partial charge in [0, 0.05) is 16.8 Å². The lowest BCUT2D eigenvalue weighted by molar-refractivity contribution is 0.184. The third-order valence-corrected chi connectivity index (χ3v) is 7.37. The normalized spacial score (nSPS) is 15.7. The highest BCUT2D eigenvalue weighted by Crippen LogP contribution is 2.30. The van der Waals surface area contributed by atoms with Crippen LogP contribution in [0.3, 0.4) is 0 Å². The van der Waals surface area contributed by atoms with E-state index in [-0.39, 0.29) is 11.4 Å². The molecule has 0 saturated heterocycles. The molecule has 0 fully saturated rings. The van der Waals surface area contributed by atoms with Crippen molar-refractivity contribution < 1.29 is 13.5 Å². The molecule has 4 rings (SSSR count). The van der Waals surface area contributed by atoms with Crippen LogP contribution in [0.4, 0.5) is 0 Å². The van der Waals surface area contributed by atoms with Gasteiger partial charge in [0.05, 0.1) is 11.0 Å². The van der Waals surface area contributed by atoms with Gasteiger partial charge >= 0.3 is 0 Å². The summed E-state index contributed by atoms with van der Waals surface area (Å²) < 4.78 is 28.9. The van der Waals surface area contributed by atoms with E-state index < -0.39 is 16.1 Å². The van der Waals surface area contributed by atoms with E-state index in [1.54, 1.807) is 23.5 Å². The van der Waals surface area contributed by atoms with Gasteiger partial charge in [0.1, 0.15) is 0 Å². The van der Waals surface area contributed by atoms with Gasteiger partial charge in [0.25, 0.3) is 0 Å². The number of thiophene rings is 1. The molecule has 0 saturated carbocycles. The van der Waals surface area contributed by atoms with Crippen LogP contribution in [0, 0.1) is 0 Å². The number of aliphatic hydroxyl groups excluding tert-OH is 1. The van der Waals surface area contributed by atoms with Crippen molar-refractivity contribution in [3.8, 4) is 0 Å². The molecule has 26 heavy (non-hydrogen) atoms. The highest BCUT2D eigenvalue weighted by atomic mass is 32.2. The van der Waals surface area contributed by atoms with Crippen molar-refractivity contribution in [3.63, 3.8) is 0 Å². The molecule has 1 unspecified atom stereocenters. The Bertz CT molecular complexity index is 1040. The minimum absolute atomic E-state index is 0.0415. The summed E-state index contributed by atoms with van der Waals surface area (Å²) in [4.78, 5) is 0.278. The smallest absolute Gasteiger partial charge is 0.240 e. The van der Waals surface area contributed by atoms with Crippen LogP contribution in [0.2, 0.25) is 0 Å². The lowest BCUT2D eigenvalue weighted by Crippen LogP contribution is -2.28. The van der Waals surface area contributed by atoms with E-state index in [1.165, 1.54) is 5.56 Å². The van der Waals surface area contributed by atoms with Gasteiger partial charge in [0.15, 0.2) is 0 Å². The molecule has 2 aromatic carbocycles. The van der Waals surface area contributed by atoms with Crippen molar-refractivity contribution in [2.45, 2.75) is 36.7 Å². The van der Waals surface area contributed by atoms with Gasteiger partial charge in [-0.1, -0.05) is 24.3 Å². The monoisotopic (exact) mass is 387 g/mol. The maximum Gasteiger partial charge on any atom is 0.240 e. The molecule has 0 bridgehead atoms. The Hall–Kier alpha value is -1.73. The topological polar surface area (TPSA) is 66.4 Å². The molecule has 1 aliphatic rings. The van der Waals surface area contributed by atoms with E-state index in [0.29, 0.717) is 0 Å². The largest absolute Gasteiger partial charge is 0.387 e. The van der Waals surface area contributed by atoms with Gasteiger partial charge in [-0.25, -0.2) is 13.1 Å². The zero-order valence-electron chi connectivity index (χ0n) is 14.3. The molecule has 3 aromatic rings. The Kier molecular flexibility index (Phi) is 4.84.